The molecule has 2 heterocycles. The van der Waals surface area contributed by atoms with Gasteiger partial charge >= 0.3 is 11.9 Å². The Bertz CT molecular complexity index is 1070. The summed E-state index contributed by atoms with van der Waals surface area (Å²) in [6.45, 7) is 4.10. The molecular formula is C26H27NO4S. The van der Waals surface area contributed by atoms with Crippen molar-refractivity contribution in [2.45, 2.75) is 37.5 Å². The number of dihydropyridines is 1. The average molecular weight is 450 g/mol. The molecule has 6 heteroatoms. The molecule has 0 fully saturated rings. The maximum absolute atomic E-state index is 12.9. The summed E-state index contributed by atoms with van der Waals surface area (Å²) in [5.74, 6) is -0.351. The Morgan fingerprint density at radius 1 is 1.16 bits per heavy atom. The Hall–Kier alpha value is -2.99. The van der Waals surface area contributed by atoms with Crippen LogP contribution < -0.4 is 5.32 Å². The number of thioether (sulfide) groups is 1. The van der Waals surface area contributed by atoms with Crippen LogP contribution in [0.3, 0.4) is 0 Å². The highest BCUT2D eigenvalue weighted by atomic mass is 32.2. The van der Waals surface area contributed by atoms with Gasteiger partial charge in [0.1, 0.15) is 6.61 Å². The topological polar surface area (TPSA) is 64.6 Å². The number of esters is 2. The largest absolute Gasteiger partial charge is 0.463 e. The van der Waals surface area contributed by atoms with E-state index in [4.69, 9.17) is 9.47 Å². The number of cyclic esters (lactones) is 1. The van der Waals surface area contributed by atoms with E-state index >= 15 is 0 Å². The molecule has 0 saturated carbocycles. The maximum Gasteiger partial charge on any atom is 0.337 e. The van der Waals surface area contributed by atoms with E-state index in [0.29, 0.717) is 16.8 Å². The van der Waals surface area contributed by atoms with Crippen LogP contribution in [-0.4, -0.2) is 30.9 Å². The van der Waals surface area contributed by atoms with Crippen LogP contribution in [0.5, 0.6) is 0 Å². The van der Waals surface area contributed by atoms with Gasteiger partial charge in [0.05, 0.1) is 29.4 Å². The summed E-state index contributed by atoms with van der Waals surface area (Å²) in [5.41, 5.74) is 4.68. The first kappa shape index (κ1) is 22.2. The minimum atomic E-state index is -0.502. The van der Waals surface area contributed by atoms with Crippen LogP contribution in [0.2, 0.25) is 0 Å². The Kier molecular flexibility index (Phi) is 7.00. The molecule has 0 aromatic heterocycles. The minimum absolute atomic E-state index is 0.199. The molecule has 1 atom stereocenters. The lowest BCUT2D eigenvalue weighted by Crippen LogP contribution is -2.30. The third-order valence-corrected chi connectivity index (χ3v) is 6.82. The Balaban J connectivity index is 1.61. The second kappa shape index (κ2) is 10.1. The van der Waals surface area contributed by atoms with Gasteiger partial charge in [-0.25, -0.2) is 9.59 Å². The third kappa shape index (κ3) is 4.60. The molecule has 1 unspecified atom stereocenters. The molecular weight excluding hydrogens is 422 g/mol. The number of rotatable bonds is 8. The Morgan fingerprint density at radius 2 is 1.91 bits per heavy atom. The number of benzene rings is 2. The molecule has 2 aromatic carbocycles. The second-order valence-electron chi connectivity index (χ2n) is 7.76. The average Bonchev–Trinajstić information content (AvgIpc) is 3.17. The Morgan fingerprint density at radius 3 is 2.69 bits per heavy atom. The second-order valence-corrected chi connectivity index (χ2v) is 8.90. The van der Waals surface area contributed by atoms with Gasteiger partial charge in [-0.2, -0.15) is 0 Å². The number of ether oxygens (including phenoxy) is 2. The zero-order valence-corrected chi connectivity index (χ0v) is 19.2. The number of hydrogen-bond donors (Lipinski definition) is 1. The fourth-order valence-corrected chi connectivity index (χ4v) is 5.25. The van der Waals surface area contributed by atoms with Gasteiger partial charge in [-0.1, -0.05) is 48.5 Å². The van der Waals surface area contributed by atoms with E-state index in [1.165, 1.54) is 5.56 Å². The van der Waals surface area contributed by atoms with Gasteiger partial charge in [0, 0.05) is 10.6 Å². The van der Waals surface area contributed by atoms with E-state index in [-0.39, 0.29) is 19.2 Å². The molecule has 2 aliphatic heterocycles. The van der Waals surface area contributed by atoms with Gasteiger partial charge in [0.25, 0.3) is 0 Å². The van der Waals surface area contributed by atoms with Gasteiger partial charge in [0.2, 0.25) is 0 Å². The smallest absolute Gasteiger partial charge is 0.337 e. The summed E-state index contributed by atoms with van der Waals surface area (Å²) in [7, 11) is 0. The van der Waals surface area contributed by atoms with E-state index < -0.39 is 11.9 Å². The van der Waals surface area contributed by atoms with Crippen LogP contribution in [0.15, 0.2) is 82.0 Å². The van der Waals surface area contributed by atoms with Crippen LogP contribution >= 0.6 is 11.8 Å². The quantitative estimate of drug-likeness (QED) is 0.357. The van der Waals surface area contributed by atoms with Crippen LogP contribution in [-0.2, 0) is 25.5 Å². The highest BCUT2D eigenvalue weighted by molar-refractivity contribution is 7.99. The predicted octanol–water partition coefficient (Wildman–Crippen LogP) is 4.75. The summed E-state index contributed by atoms with van der Waals surface area (Å²) in [6.07, 6.45) is 2.04. The molecule has 5 nitrogen and oxygen atoms in total. The van der Waals surface area contributed by atoms with Crippen LogP contribution in [0.4, 0.5) is 0 Å². The van der Waals surface area contributed by atoms with Gasteiger partial charge in [-0.05, 0) is 49.6 Å². The van der Waals surface area contributed by atoms with Crippen molar-refractivity contribution in [2.24, 2.45) is 0 Å². The van der Waals surface area contributed by atoms with E-state index in [0.717, 1.165) is 34.8 Å². The minimum Gasteiger partial charge on any atom is -0.463 e. The van der Waals surface area contributed by atoms with Crippen molar-refractivity contribution < 1.29 is 19.1 Å². The van der Waals surface area contributed by atoms with Crippen molar-refractivity contribution >= 4 is 23.7 Å². The molecule has 32 heavy (non-hydrogen) atoms. The van der Waals surface area contributed by atoms with E-state index in [2.05, 4.69) is 35.6 Å². The van der Waals surface area contributed by atoms with Gasteiger partial charge in [-0.3, -0.25) is 0 Å². The number of aryl methyl sites for hydroxylation is 1. The molecule has 4 rings (SSSR count). The lowest BCUT2D eigenvalue weighted by atomic mass is 9.81. The summed E-state index contributed by atoms with van der Waals surface area (Å²) in [6, 6.07) is 18.4. The fraction of sp³-hybridized carbons (Fsp3) is 0.308. The summed E-state index contributed by atoms with van der Waals surface area (Å²) < 4.78 is 10.7. The third-order valence-electron chi connectivity index (χ3n) is 5.65. The lowest BCUT2D eigenvalue weighted by molar-refractivity contribution is -0.138. The highest BCUT2D eigenvalue weighted by Gasteiger charge is 2.42. The zero-order valence-electron chi connectivity index (χ0n) is 18.4. The van der Waals surface area contributed by atoms with Gasteiger partial charge in [0.15, 0.2) is 0 Å². The molecule has 0 saturated heterocycles. The van der Waals surface area contributed by atoms with E-state index in [1.54, 1.807) is 18.7 Å². The van der Waals surface area contributed by atoms with Crippen molar-refractivity contribution in [3.05, 3.63) is 88.3 Å². The summed E-state index contributed by atoms with van der Waals surface area (Å²) >= 11 is 1.75. The first-order valence-corrected chi connectivity index (χ1v) is 11.9. The molecule has 0 amide bonds. The molecule has 1 N–H and O–H groups in total. The first-order chi connectivity index (χ1) is 15.6. The van der Waals surface area contributed by atoms with Gasteiger partial charge in [-0.15, -0.1) is 11.8 Å². The number of carbonyl (C=O) groups is 2. The number of nitrogens with one attached hydrogen (secondary N) is 1. The van der Waals surface area contributed by atoms with Crippen molar-refractivity contribution in [1.29, 1.82) is 0 Å². The van der Waals surface area contributed by atoms with Crippen molar-refractivity contribution in [2.75, 3.05) is 19.0 Å². The van der Waals surface area contributed by atoms with Crippen LogP contribution in [0.1, 0.15) is 37.3 Å². The normalized spacial score (nSPS) is 17.7. The van der Waals surface area contributed by atoms with Crippen molar-refractivity contribution in [3.8, 4) is 0 Å². The number of carbonyl (C=O) groups excluding carboxylic acids is 2. The molecule has 166 valence electrons. The maximum atomic E-state index is 12.9. The first-order valence-electron chi connectivity index (χ1n) is 10.9. The molecule has 0 spiro atoms. The number of allylic oxidation sites excluding steroid dienone is 1. The SMILES string of the molecule is CCOC(=O)C1=C(C)NC2=C(C(=O)OC2)C1c1ccccc1SCCCc1ccccc1. The van der Waals surface area contributed by atoms with Crippen molar-refractivity contribution in [3.63, 3.8) is 0 Å². The molecule has 2 aliphatic rings. The molecule has 0 aliphatic carbocycles. The van der Waals surface area contributed by atoms with Gasteiger partial charge < -0.3 is 14.8 Å². The summed E-state index contributed by atoms with van der Waals surface area (Å²) in [4.78, 5) is 26.6. The summed E-state index contributed by atoms with van der Waals surface area (Å²) in [5, 5.41) is 3.19. The standard InChI is InChI=1S/C26H27NO4S/c1-3-30-25(28)22-17(2)27-20-16-31-26(29)24(20)23(22)19-13-7-8-14-21(19)32-15-9-12-18-10-5-4-6-11-18/h4-8,10-11,13-14,23,27H,3,9,12,15-16H2,1-2H3. The Labute approximate surface area is 192 Å². The highest BCUT2D eigenvalue weighted by Crippen LogP contribution is 2.44. The zero-order chi connectivity index (χ0) is 22.5. The lowest BCUT2D eigenvalue weighted by Gasteiger charge is -2.28. The number of hydrogen-bond acceptors (Lipinski definition) is 6. The van der Waals surface area contributed by atoms with Crippen molar-refractivity contribution in [1.82, 2.24) is 5.32 Å². The predicted molar refractivity (Wildman–Crippen MR) is 125 cm³/mol. The molecule has 0 radical (unpaired) electrons. The van der Waals surface area contributed by atoms with E-state index in [9.17, 15) is 9.59 Å². The van der Waals surface area contributed by atoms with E-state index in [1.807, 2.05) is 31.2 Å². The van der Waals surface area contributed by atoms with Crippen LogP contribution in [0, 0.1) is 0 Å². The van der Waals surface area contributed by atoms with Crippen LogP contribution in [0.25, 0.3) is 0 Å². The monoisotopic (exact) mass is 449 g/mol. The molecule has 0 bridgehead atoms. The molecule has 2 aromatic rings. The fourth-order valence-electron chi connectivity index (χ4n) is 4.21.